The third-order valence-corrected chi connectivity index (χ3v) is 6.06. The molecule has 0 saturated carbocycles. The van der Waals surface area contributed by atoms with Crippen LogP contribution < -0.4 is 9.62 Å². The molecule has 26 heavy (non-hydrogen) atoms. The minimum absolute atomic E-state index is 0.120. The Morgan fingerprint density at radius 3 is 2.42 bits per heavy atom. The van der Waals surface area contributed by atoms with E-state index in [2.05, 4.69) is 5.32 Å². The number of benzene rings is 2. The number of nitrogens with one attached hydrogen (secondary N) is 1. The van der Waals surface area contributed by atoms with Crippen LogP contribution in [-0.4, -0.2) is 26.0 Å². The Bertz CT molecular complexity index is 992. The van der Waals surface area contributed by atoms with Crippen LogP contribution in [0.2, 0.25) is 5.02 Å². The maximum atomic E-state index is 13.1. The van der Waals surface area contributed by atoms with E-state index in [1.165, 1.54) is 36.4 Å². The average Bonchev–Trinajstić information content (AvgIpc) is 2.78. The molecule has 1 unspecified atom stereocenters. The fraction of sp³-hybridized carbons (Fsp3) is 0.176. The van der Waals surface area contributed by atoms with Crippen molar-refractivity contribution in [3.05, 3.63) is 58.9 Å². The van der Waals surface area contributed by atoms with Gasteiger partial charge in [-0.05, 0) is 42.5 Å². The Hall–Kier alpha value is -2.45. The van der Waals surface area contributed by atoms with Gasteiger partial charge in [0.1, 0.15) is 5.82 Å². The third kappa shape index (κ3) is 3.42. The van der Waals surface area contributed by atoms with E-state index in [1.54, 1.807) is 6.92 Å². The fourth-order valence-electron chi connectivity index (χ4n) is 2.61. The number of carbonyl (C=O) groups excluding carboxylic acids is 2. The molecule has 1 heterocycles. The molecular formula is C17H14ClFN2O4S. The smallest absolute Gasteiger partial charge is 0.255 e. The van der Waals surface area contributed by atoms with Gasteiger partial charge in [0.15, 0.2) is 0 Å². The third-order valence-electron chi connectivity index (χ3n) is 3.90. The minimum Gasteiger partial charge on any atom is -0.322 e. The highest BCUT2D eigenvalue weighted by Gasteiger charge is 2.41. The van der Waals surface area contributed by atoms with Crippen molar-refractivity contribution in [1.82, 2.24) is 0 Å². The van der Waals surface area contributed by atoms with Crippen molar-refractivity contribution in [2.45, 2.75) is 6.92 Å². The zero-order chi connectivity index (χ0) is 19.1. The Labute approximate surface area is 154 Å². The Morgan fingerprint density at radius 1 is 1.23 bits per heavy atom. The summed E-state index contributed by atoms with van der Waals surface area (Å²) in [7, 11) is -3.70. The number of rotatable bonds is 3. The van der Waals surface area contributed by atoms with Gasteiger partial charge in [-0.25, -0.2) is 17.1 Å². The van der Waals surface area contributed by atoms with Crippen molar-refractivity contribution in [3.63, 3.8) is 0 Å². The lowest BCUT2D eigenvalue weighted by Gasteiger charge is -2.15. The van der Waals surface area contributed by atoms with Crippen LogP contribution in [0.25, 0.3) is 0 Å². The van der Waals surface area contributed by atoms with Crippen molar-refractivity contribution in [2.75, 3.05) is 15.4 Å². The highest BCUT2D eigenvalue weighted by atomic mass is 35.5. The van der Waals surface area contributed by atoms with Crippen molar-refractivity contribution < 1.29 is 22.4 Å². The molecule has 1 fully saturated rings. The monoisotopic (exact) mass is 396 g/mol. The summed E-state index contributed by atoms with van der Waals surface area (Å²) in [6.07, 6.45) is 0. The lowest BCUT2D eigenvalue weighted by molar-refractivity contribution is -0.119. The van der Waals surface area contributed by atoms with Crippen LogP contribution >= 0.6 is 11.6 Å². The normalized spacial score (nSPS) is 18.8. The van der Waals surface area contributed by atoms with Gasteiger partial charge < -0.3 is 5.32 Å². The van der Waals surface area contributed by atoms with Crippen molar-refractivity contribution in [3.8, 4) is 0 Å². The summed E-state index contributed by atoms with van der Waals surface area (Å²) < 4.78 is 38.1. The molecule has 3 rings (SSSR count). The van der Waals surface area contributed by atoms with Crippen LogP contribution in [0.5, 0.6) is 0 Å². The van der Waals surface area contributed by atoms with E-state index in [4.69, 9.17) is 11.6 Å². The Kier molecular flexibility index (Phi) is 4.72. The summed E-state index contributed by atoms with van der Waals surface area (Å²) in [5, 5.41) is 2.44. The quantitative estimate of drug-likeness (QED) is 0.864. The SMILES string of the molecule is CC1CS(=O)(=O)N(c2ccc(C(=O)Nc3ccc(F)c(Cl)c3)cc2)C1=O. The van der Waals surface area contributed by atoms with Gasteiger partial charge in [-0.15, -0.1) is 0 Å². The van der Waals surface area contributed by atoms with Gasteiger partial charge in [-0.1, -0.05) is 18.5 Å². The maximum Gasteiger partial charge on any atom is 0.255 e. The second-order valence-electron chi connectivity index (χ2n) is 5.91. The molecule has 2 aromatic rings. The molecule has 2 amide bonds. The molecule has 6 nitrogen and oxygen atoms in total. The minimum atomic E-state index is -3.70. The molecular weight excluding hydrogens is 383 g/mol. The predicted octanol–water partition coefficient (Wildman–Crippen LogP) is 3.04. The number of anilines is 2. The van der Waals surface area contributed by atoms with Gasteiger partial charge in [0.25, 0.3) is 5.91 Å². The van der Waals surface area contributed by atoms with E-state index in [9.17, 15) is 22.4 Å². The largest absolute Gasteiger partial charge is 0.322 e. The van der Waals surface area contributed by atoms with Gasteiger partial charge >= 0.3 is 0 Å². The molecule has 1 aliphatic heterocycles. The Morgan fingerprint density at radius 2 is 1.88 bits per heavy atom. The summed E-state index contributed by atoms with van der Waals surface area (Å²) in [4.78, 5) is 24.3. The van der Waals surface area contributed by atoms with Crippen LogP contribution in [0.4, 0.5) is 15.8 Å². The van der Waals surface area contributed by atoms with Crippen LogP contribution in [0.15, 0.2) is 42.5 Å². The first-order chi connectivity index (χ1) is 12.2. The van der Waals surface area contributed by atoms with E-state index in [-0.39, 0.29) is 22.0 Å². The zero-order valence-corrected chi connectivity index (χ0v) is 15.1. The average molecular weight is 397 g/mol. The maximum absolute atomic E-state index is 13.1. The first-order valence-corrected chi connectivity index (χ1v) is 9.61. The molecule has 0 spiro atoms. The van der Waals surface area contributed by atoms with Gasteiger partial charge in [-0.2, -0.15) is 0 Å². The van der Waals surface area contributed by atoms with Crippen LogP contribution in [0.1, 0.15) is 17.3 Å². The van der Waals surface area contributed by atoms with E-state index in [1.807, 2.05) is 0 Å². The van der Waals surface area contributed by atoms with E-state index in [0.29, 0.717) is 5.69 Å². The van der Waals surface area contributed by atoms with Crippen molar-refractivity contribution in [1.29, 1.82) is 0 Å². The van der Waals surface area contributed by atoms with E-state index < -0.39 is 33.6 Å². The number of carbonyl (C=O) groups is 2. The summed E-state index contributed by atoms with van der Waals surface area (Å²) >= 11 is 5.67. The molecule has 1 saturated heterocycles. The van der Waals surface area contributed by atoms with Gasteiger partial charge in [0.05, 0.1) is 22.4 Å². The highest BCUT2D eigenvalue weighted by molar-refractivity contribution is 7.94. The highest BCUT2D eigenvalue weighted by Crippen LogP contribution is 2.28. The van der Waals surface area contributed by atoms with Crippen LogP contribution in [-0.2, 0) is 14.8 Å². The molecule has 0 aromatic heterocycles. The van der Waals surface area contributed by atoms with Gasteiger partial charge in [0.2, 0.25) is 15.9 Å². The molecule has 0 bridgehead atoms. The topological polar surface area (TPSA) is 83.6 Å². The van der Waals surface area contributed by atoms with Crippen molar-refractivity contribution in [2.24, 2.45) is 5.92 Å². The first kappa shape index (κ1) is 18.3. The number of amides is 2. The number of hydrogen-bond donors (Lipinski definition) is 1. The number of sulfonamides is 1. The molecule has 136 valence electrons. The Balaban J connectivity index is 1.80. The lowest BCUT2D eigenvalue weighted by Crippen LogP contribution is -2.30. The first-order valence-electron chi connectivity index (χ1n) is 7.62. The molecule has 1 N–H and O–H groups in total. The second kappa shape index (κ2) is 6.69. The molecule has 9 heteroatoms. The second-order valence-corrected chi connectivity index (χ2v) is 8.18. The summed E-state index contributed by atoms with van der Waals surface area (Å²) in [5.41, 5.74) is 0.739. The summed E-state index contributed by atoms with van der Waals surface area (Å²) in [6.45, 7) is 1.55. The van der Waals surface area contributed by atoms with E-state index >= 15 is 0 Å². The molecule has 2 aromatic carbocycles. The standard InChI is InChI=1S/C17H14ClFN2O4S/c1-10-9-26(24,25)21(17(10)23)13-5-2-11(3-6-13)16(22)20-12-4-7-15(19)14(18)8-12/h2-8,10H,9H2,1H3,(H,20,22). The predicted molar refractivity (Wildman–Crippen MR) is 96.2 cm³/mol. The molecule has 1 atom stereocenters. The molecule has 0 aliphatic carbocycles. The lowest BCUT2D eigenvalue weighted by atomic mass is 10.1. The summed E-state index contributed by atoms with van der Waals surface area (Å²) in [6, 6.07) is 9.36. The number of halogens is 2. The van der Waals surface area contributed by atoms with E-state index in [0.717, 1.165) is 10.4 Å². The fourth-order valence-corrected chi connectivity index (χ4v) is 4.61. The van der Waals surface area contributed by atoms with Gasteiger partial charge in [0, 0.05) is 11.3 Å². The van der Waals surface area contributed by atoms with Crippen LogP contribution in [0, 0.1) is 11.7 Å². The van der Waals surface area contributed by atoms with Crippen molar-refractivity contribution >= 4 is 44.8 Å². The van der Waals surface area contributed by atoms with Gasteiger partial charge in [-0.3, -0.25) is 9.59 Å². The zero-order valence-electron chi connectivity index (χ0n) is 13.6. The number of hydrogen-bond acceptors (Lipinski definition) is 4. The molecule has 1 aliphatic rings. The molecule has 0 radical (unpaired) electrons. The summed E-state index contributed by atoms with van der Waals surface area (Å²) in [5.74, 6) is -2.42. The number of nitrogens with zero attached hydrogens (tertiary/aromatic N) is 1. The van der Waals surface area contributed by atoms with Crippen LogP contribution in [0.3, 0.4) is 0 Å².